The molecule has 0 radical (unpaired) electrons. The smallest absolute Gasteiger partial charge is 0.244 e. The van der Waals surface area contributed by atoms with Crippen LogP contribution in [-0.4, -0.2) is 49.5 Å². The number of halogens is 2. The van der Waals surface area contributed by atoms with E-state index >= 15 is 0 Å². The van der Waals surface area contributed by atoms with Crippen LogP contribution in [0.1, 0.15) is 13.3 Å². The highest BCUT2D eigenvalue weighted by Gasteiger charge is 2.36. The fourth-order valence-electron chi connectivity index (χ4n) is 4.07. The van der Waals surface area contributed by atoms with Crippen LogP contribution in [0.15, 0.2) is 60.7 Å². The number of amides is 1. The van der Waals surface area contributed by atoms with E-state index in [4.69, 9.17) is 16.7 Å². The van der Waals surface area contributed by atoms with Crippen LogP contribution in [-0.2, 0) is 11.3 Å². The Morgan fingerprint density at radius 3 is 2.25 bits per heavy atom. The summed E-state index contributed by atoms with van der Waals surface area (Å²) in [6.45, 7) is 1.94. The van der Waals surface area contributed by atoms with Crippen molar-refractivity contribution in [2.45, 2.75) is 25.6 Å². The van der Waals surface area contributed by atoms with Gasteiger partial charge in [-0.3, -0.25) is 4.79 Å². The summed E-state index contributed by atoms with van der Waals surface area (Å²) in [5.74, 6) is -0.208. The van der Waals surface area contributed by atoms with Crippen LogP contribution in [0.25, 0.3) is 33.5 Å². The molecule has 1 amide bonds. The highest BCUT2D eigenvalue weighted by molar-refractivity contribution is 6.38. The second-order valence-corrected chi connectivity index (χ2v) is 8.66. The highest BCUT2D eigenvalue weighted by Crippen LogP contribution is 2.37. The van der Waals surface area contributed by atoms with E-state index in [2.05, 4.69) is 10.2 Å². The maximum atomic E-state index is 14.2. The molecule has 0 aliphatic carbocycles. The Morgan fingerprint density at radius 1 is 1.03 bits per heavy atom. The SMILES string of the molecule is CC1(F)CCN(C(=O)Cn2nc(-c3ccccc3)c3c(Cl)c(-c4ccccc4)nnc32)C1. The van der Waals surface area contributed by atoms with Gasteiger partial charge in [0, 0.05) is 24.1 Å². The van der Waals surface area contributed by atoms with Gasteiger partial charge in [0.25, 0.3) is 0 Å². The monoisotopic (exact) mass is 449 g/mol. The molecule has 0 N–H and O–H groups in total. The molecule has 0 bridgehead atoms. The third-order valence-electron chi connectivity index (χ3n) is 5.75. The molecular weight excluding hydrogens is 429 g/mol. The van der Waals surface area contributed by atoms with Crippen molar-refractivity contribution < 1.29 is 9.18 Å². The van der Waals surface area contributed by atoms with Crippen LogP contribution in [0.4, 0.5) is 4.39 Å². The number of aromatic nitrogens is 4. The van der Waals surface area contributed by atoms with E-state index in [9.17, 15) is 9.18 Å². The lowest BCUT2D eigenvalue weighted by atomic mass is 10.1. The van der Waals surface area contributed by atoms with Crippen LogP contribution < -0.4 is 0 Å². The molecule has 4 aromatic rings. The number of hydrogen-bond acceptors (Lipinski definition) is 4. The Kier molecular flexibility index (Phi) is 5.13. The van der Waals surface area contributed by atoms with Crippen molar-refractivity contribution in [2.24, 2.45) is 0 Å². The number of fused-ring (bicyclic) bond motifs is 1. The summed E-state index contributed by atoms with van der Waals surface area (Å²) < 4.78 is 15.8. The Labute approximate surface area is 189 Å². The normalized spacial score (nSPS) is 18.4. The summed E-state index contributed by atoms with van der Waals surface area (Å²) in [5, 5.41) is 14.5. The molecule has 2 aromatic carbocycles. The molecule has 1 atom stereocenters. The summed E-state index contributed by atoms with van der Waals surface area (Å²) in [7, 11) is 0. The molecule has 8 heteroatoms. The van der Waals surface area contributed by atoms with Crippen molar-refractivity contribution in [3.05, 3.63) is 65.7 Å². The van der Waals surface area contributed by atoms with Crippen molar-refractivity contribution in [2.75, 3.05) is 13.1 Å². The van der Waals surface area contributed by atoms with Crippen molar-refractivity contribution in [1.29, 1.82) is 0 Å². The number of rotatable bonds is 4. The summed E-state index contributed by atoms with van der Waals surface area (Å²) in [4.78, 5) is 14.4. The first-order valence-electron chi connectivity index (χ1n) is 10.4. The van der Waals surface area contributed by atoms with Gasteiger partial charge in [-0.25, -0.2) is 9.07 Å². The van der Waals surface area contributed by atoms with E-state index < -0.39 is 5.67 Å². The zero-order chi connectivity index (χ0) is 22.3. The van der Waals surface area contributed by atoms with Crippen LogP contribution in [0.2, 0.25) is 5.02 Å². The van der Waals surface area contributed by atoms with E-state index in [1.807, 2.05) is 60.7 Å². The summed E-state index contributed by atoms with van der Waals surface area (Å²) in [6.07, 6.45) is 0.333. The van der Waals surface area contributed by atoms with Gasteiger partial charge in [-0.15, -0.1) is 10.2 Å². The first-order chi connectivity index (χ1) is 15.4. The summed E-state index contributed by atoms with van der Waals surface area (Å²) in [5.41, 5.74) is 1.94. The lowest BCUT2D eigenvalue weighted by Crippen LogP contribution is -2.34. The average molecular weight is 450 g/mol. The Bertz CT molecular complexity index is 1290. The van der Waals surface area contributed by atoms with Crippen molar-refractivity contribution >= 4 is 28.5 Å². The molecule has 1 aliphatic rings. The molecule has 32 heavy (non-hydrogen) atoms. The van der Waals surface area contributed by atoms with Crippen LogP contribution in [0.5, 0.6) is 0 Å². The fraction of sp³-hybridized carbons (Fsp3) is 0.250. The first-order valence-corrected chi connectivity index (χ1v) is 10.8. The first kappa shape index (κ1) is 20.6. The molecule has 0 spiro atoms. The van der Waals surface area contributed by atoms with Gasteiger partial charge >= 0.3 is 0 Å². The predicted octanol–water partition coefficient (Wildman–Crippen LogP) is 4.77. The van der Waals surface area contributed by atoms with Gasteiger partial charge in [0.1, 0.15) is 23.6 Å². The number of benzene rings is 2. The maximum Gasteiger partial charge on any atom is 0.244 e. The second-order valence-electron chi connectivity index (χ2n) is 8.28. The van der Waals surface area contributed by atoms with E-state index in [-0.39, 0.29) is 19.0 Å². The average Bonchev–Trinajstić information content (AvgIpc) is 3.36. The van der Waals surface area contributed by atoms with Gasteiger partial charge in [0.2, 0.25) is 5.91 Å². The minimum absolute atomic E-state index is 0.0604. The number of likely N-dealkylation sites (tertiary alicyclic amines) is 1. The van der Waals surface area contributed by atoms with Crippen LogP contribution in [0, 0.1) is 0 Å². The Hall–Kier alpha value is -3.32. The second kappa shape index (κ2) is 7.98. The molecule has 5 rings (SSSR count). The Balaban J connectivity index is 1.62. The van der Waals surface area contributed by atoms with Gasteiger partial charge in [-0.2, -0.15) is 5.10 Å². The zero-order valence-corrected chi connectivity index (χ0v) is 18.3. The quantitative estimate of drug-likeness (QED) is 0.450. The van der Waals surface area contributed by atoms with Crippen LogP contribution in [0.3, 0.4) is 0 Å². The predicted molar refractivity (Wildman–Crippen MR) is 122 cm³/mol. The fourth-order valence-corrected chi connectivity index (χ4v) is 4.39. The molecule has 1 saturated heterocycles. The van der Waals surface area contributed by atoms with Gasteiger partial charge in [0.15, 0.2) is 5.65 Å². The molecule has 1 unspecified atom stereocenters. The minimum Gasteiger partial charge on any atom is -0.338 e. The van der Waals surface area contributed by atoms with Crippen molar-refractivity contribution in [3.63, 3.8) is 0 Å². The molecule has 2 aromatic heterocycles. The summed E-state index contributed by atoms with van der Waals surface area (Å²) >= 11 is 6.84. The third kappa shape index (κ3) is 3.73. The van der Waals surface area contributed by atoms with E-state index in [1.165, 1.54) is 16.5 Å². The molecule has 6 nitrogen and oxygen atoms in total. The highest BCUT2D eigenvalue weighted by atomic mass is 35.5. The lowest BCUT2D eigenvalue weighted by Gasteiger charge is -2.17. The topological polar surface area (TPSA) is 63.9 Å². The van der Waals surface area contributed by atoms with Gasteiger partial charge < -0.3 is 4.90 Å². The zero-order valence-electron chi connectivity index (χ0n) is 17.5. The van der Waals surface area contributed by atoms with Crippen molar-refractivity contribution in [1.82, 2.24) is 24.9 Å². The number of carbonyl (C=O) groups is 1. The van der Waals surface area contributed by atoms with E-state index in [0.29, 0.717) is 40.4 Å². The maximum absolute atomic E-state index is 14.2. The molecule has 0 saturated carbocycles. The lowest BCUT2D eigenvalue weighted by molar-refractivity contribution is -0.131. The third-order valence-corrected chi connectivity index (χ3v) is 6.12. The van der Waals surface area contributed by atoms with E-state index in [1.54, 1.807) is 0 Å². The number of alkyl halides is 1. The largest absolute Gasteiger partial charge is 0.338 e. The molecule has 3 heterocycles. The van der Waals surface area contributed by atoms with Crippen molar-refractivity contribution in [3.8, 4) is 22.5 Å². The Morgan fingerprint density at radius 2 is 1.66 bits per heavy atom. The van der Waals surface area contributed by atoms with Gasteiger partial charge in [0.05, 0.1) is 17.0 Å². The van der Waals surface area contributed by atoms with Gasteiger partial charge in [-0.05, 0) is 6.92 Å². The number of nitrogens with zero attached hydrogens (tertiary/aromatic N) is 5. The molecular formula is C24H21ClFN5O. The minimum atomic E-state index is -1.36. The van der Waals surface area contributed by atoms with Crippen LogP contribution >= 0.6 is 11.6 Å². The molecule has 1 fully saturated rings. The molecule has 1 aliphatic heterocycles. The van der Waals surface area contributed by atoms with E-state index in [0.717, 1.165) is 11.1 Å². The number of hydrogen-bond donors (Lipinski definition) is 0. The number of carbonyl (C=O) groups excluding carboxylic acids is 1. The summed E-state index contributed by atoms with van der Waals surface area (Å²) in [6, 6.07) is 19.2. The molecule has 162 valence electrons. The standard InChI is InChI=1S/C24H21ClFN5O/c1-24(26)12-13-30(15-24)18(32)14-31-23-19(21(29-31)16-8-4-2-5-9-16)20(25)22(27-28-23)17-10-6-3-7-11-17/h2-11H,12-15H2,1H3. The van der Waals surface area contributed by atoms with Gasteiger partial charge in [-0.1, -0.05) is 72.3 Å².